The minimum absolute atomic E-state index is 0.163. The van der Waals surface area contributed by atoms with E-state index in [-0.39, 0.29) is 11.8 Å². The van der Waals surface area contributed by atoms with Crippen LogP contribution in [0.2, 0.25) is 0 Å². The average molecular weight is 443 g/mol. The number of nitrogens with one attached hydrogen (secondary N) is 1. The van der Waals surface area contributed by atoms with E-state index in [0.29, 0.717) is 43.0 Å². The van der Waals surface area contributed by atoms with Crippen LogP contribution in [0.15, 0.2) is 65.8 Å². The molecule has 0 unspecified atom stereocenters. The fraction of sp³-hybridized carbons (Fsp3) is 0.273. The number of rotatable bonds is 10. The Kier molecular flexibility index (Phi) is 8.12. The number of amidine groups is 1. The van der Waals surface area contributed by atoms with Crippen molar-refractivity contribution in [2.45, 2.75) is 25.4 Å². The van der Waals surface area contributed by atoms with Gasteiger partial charge in [-0.15, -0.1) is 16.7 Å². The number of aliphatic imine (C=N–C) groups is 1. The first-order valence-corrected chi connectivity index (χ1v) is 10.4. The number of nitrogens with two attached hydrogens (primary N) is 1. The summed E-state index contributed by atoms with van der Waals surface area (Å²) in [7, 11) is 0. The molecule has 7 nitrogen and oxygen atoms in total. The molecule has 0 aliphatic carbocycles. The number of nitrogens with zero attached hydrogens (tertiary/aromatic N) is 4. The Morgan fingerprint density at radius 3 is 2.68 bits per heavy atom. The van der Waals surface area contributed by atoms with Crippen LogP contribution in [0, 0.1) is 5.82 Å². The van der Waals surface area contributed by atoms with Gasteiger partial charge in [-0.25, -0.2) is 9.07 Å². The average Bonchev–Trinajstić information content (AvgIpc) is 3.27. The molecule has 2 aromatic carbocycles. The molecule has 1 amide bonds. The molecule has 3 aromatic rings. The van der Waals surface area contributed by atoms with E-state index in [9.17, 15) is 9.18 Å². The molecule has 0 fully saturated rings. The van der Waals surface area contributed by atoms with Gasteiger partial charge in [0.15, 0.2) is 0 Å². The summed E-state index contributed by atoms with van der Waals surface area (Å²) in [6.45, 7) is 0.832. The Morgan fingerprint density at radius 2 is 1.94 bits per heavy atom. The Bertz CT molecular complexity index is 1020. The molecule has 31 heavy (non-hydrogen) atoms. The van der Waals surface area contributed by atoms with E-state index < -0.39 is 11.9 Å². The predicted molar refractivity (Wildman–Crippen MR) is 119 cm³/mol. The van der Waals surface area contributed by atoms with Crippen molar-refractivity contribution in [1.29, 1.82) is 0 Å². The van der Waals surface area contributed by atoms with Gasteiger partial charge in [0.05, 0.1) is 12.1 Å². The molecule has 1 heterocycles. The maximum Gasteiger partial charge on any atom is 0.245 e. The topological polar surface area (TPSA) is 98.2 Å². The zero-order valence-electron chi connectivity index (χ0n) is 16.9. The lowest BCUT2D eigenvalue weighted by atomic mass is 10.1. The molecule has 0 saturated carbocycles. The molecular weight excluding hydrogens is 419 g/mol. The number of carbonyl (C=O) groups is 1. The van der Waals surface area contributed by atoms with Gasteiger partial charge in [-0.1, -0.05) is 47.7 Å². The molecule has 1 atom stereocenters. The smallest absolute Gasteiger partial charge is 0.245 e. The first-order valence-electron chi connectivity index (χ1n) is 9.91. The fourth-order valence-electron chi connectivity index (χ4n) is 3.06. The number of carbonyl (C=O) groups excluding carboxylic acids is 1. The standard InChI is InChI=1S/C22H24ClFN6O/c23-13-21(25)26-12-6-11-20(22(31)27-14-16-7-2-1-3-8-16)30-15-19(28-29-30)17-9-4-5-10-18(17)24/h1-5,7-10,15,20H,6,11-14H2,(H2,25,26)(H,27,31)/t20-/m0/s1. The summed E-state index contributed by atoms with van der Waals surface area (Å²) in [6.07, 6.45) is 2.64. The summed E-state index contributed by atoms with van der Waals surface area (Å²) in [6, 6.07) is 15.3. The van der Waals surface area contributed by atoms with Gasteiger partial charge in [0, 0.05) is 18.7 Å². The van der Waals surface area contributed by atoms with Crippen LogP contribution in [-0.2, 0) is 11.3 Å². The van der Waals surface area contributed by atoms with Crippen LogP contribution < -0.4 is 11.1 Å². The first kappa shape index (κ1) is 22.4. The third-order valence-electron chi connectivity index (χ3n) is 4.68. The van der Waals surface area contributed by atoms with Crippen molar-refractivity contribution in [3.8, 4) is 11.3 Å². The maximum atomic E-state index is 14.1. The molecule has 0 aliphatic heterocycles. The molecular formula is C22H24ClFN6O. The van der Waals surface area contributed by atoms with Crippen molar-refractivity contribution in [3.05, 3.63) is 72.2 Å². The van der Waals surface area contributed by atoms with Crippen LogP contribution in [0.1, 0.15) is 24.4 Å². The molecule has 0 aliphatic rings. The quantitative estimate of drug-likeness (QED) is 0.218. The van der Waals surface area contributed by atoms with Gasteiger partial charge < -0.3 is 11.1 Å². The zero-order chi connectivity index (χ0) is 22.1. The summed E-state index contributed by atoms with van der Waals surface area (Å²) < 4.78 is 15.6. The molecule has 0 radical (unpaired) electrons. The van der Waals surface area contributed by atoms with Gasteiger partial charge in [0.25, 0.3) is 0 Å². The Labute approximate surface area is 185 Å². The van der Waals surface area contributed by atoms with Crippen LogP contribution in [0.3, 0.4) is 0 Å². The molecule has 3 N–H and O–H groups in total. The molecule has 0 spiro atoms. The van der Waals surface area contributed by atoms with Crippen molar-refractivity contribution in [2.24, 2.45) is 10.7 Å². The number of alkyl halides is 1. The number of amides is 1. The summed E-state index contributed by atoms with van der Waals surface area (Å²) in [5, 5.41) is 11.1. The van der Waals surface area contributed by atoms with Crippen LogP contribution >= 0.6 is 11.6 Å². The largest absolute Gasteiger partial charge is 0.386 e. The molecule has 1 aromatic heterocycles. The van der Waals surface area contributed by atoms with Crippen molar-refractivity contribution < 1.29 is 9.18 Å². The number of benzene rings is 2. The lowest BCUT2D eigenvalue weighted by Crippen LogP contribution is -2.32. The van der Waals surface area contributed by atoms with E-state index in [1.807, 2.05) is 30.3 Å². The number of aromatic nitrogens is 3. The van der Waals surface area contributed by atoms with Crippen LogP contribution in [0.5, 0.6) is 0 Å². The van der Waals surface area contributed by atoms with Crippen LogP contribution in [0.4, 0.5) is 4.39 Å². The predicted octanol–water partition coefficient (Wildman–Crippen LogP) is 3.32. The van der Waals surface area contributed by atoms with Crippen molar-refractivity contribution in [2.75, 3.05) is 12.4 Å². The lowest BCUT2D eigenvalue weighted by molar-refractivity contribution is -0.125. The SMILES string of the molecule is NC(CCl)=NCCC[C@@H](C(=O)NCc1ccccc1)n1cc(-c2ccccc2F)nn1. The molecule has 9 heteroatoms. The highest BCUT2D eigenvalue weighted by atomic mass is 35.5. The van der Waals surface area contributed by atoms with Gasteiger partial charge in [-0.3, -0.25) is 9.79 Å². The third-order valence-corrected chi connectivity index (χ3v) is 4.95. The van der Waals surface area contributed by atoms with E-state index in [0.717, 1.165) is 5.56 Å². The fourth-order valence-corrected chi connectivity index (χ4v) is 3.14. The van der Waals surface area contributed by atoms with E-state index in [1.54, 1.807) is 24.4 Å². The summed E-state index contributed by atoms with van der Waals surface area (Å²) in [5.74, 6) is -0.0845. The molecule has 0 saturated heterocycles. The van der Waals surface area contributed by atoms with Crippen molar-refractivity contribution >= 4 is 23.3 Å². The molecule has 3 rings (SSSR count). The van der Waals surface area contributed by atoms with Crippen molar-refractivity contribution in [3.63, 3.8) is 0 Å². The number of hydrogen-bond acceptors (Lipinski definition) is 4. The van der Waals surface area contributed by atoms with E-state index >= 15 is 0 Å². The lowest BCUT2D eigenvalue weighted by Gasteiger charge is -2.16. The summed E-state index contributed by atoms with van der Waals surface area (Å²) in [5.41, 5.74) is 7.31. The van der Waals surface area contributed by atoms with Gasteiger partial charge >= 0.3 is 0 Å². The van der Waals surface area contributed by atoms with Gasteiger partial charge in [0.2, 0.25) is 5.91 Å². The van der Waals surface area contributed by atoms with E-state index in [2.05, 4.69) is 20.6 Å². The van der Waals surface area contributed by atoms with Crippen LogP contribution in [0.25, 0.3) is 11.3 Å². The number of hydrogen-bond donors (Lipinski definition) is 2. The normalized spacial score (nSPS) is 12.5. The highest BCUT2D eigenvalue weighted by molar-refractivity contribution is 6.27. The highest BCUT2D eigenvalue weighted by Crippen LogP contribution is 2.22. The Balaban J connectivity index is 1.75. The van der Waals surface area contributed by atoms with E-state index in [4.69, 9.17) is 17.3 Å². The summed E-state index contributed by atoms with van der Waals surface area (Å²) >= 11 is 5.64. The summed E-state index contributed by atoms with van der Waals surface area (Å²) in [4.78, 5) is 17.1. The van der Waals surface area contributed by atoms with Crippen LogP contribution in [-0.4, -0.2) is 39.2 Å². The highest BCUT2D eigenvalue weighted by Gasteiger charge is 2.22. The van der Waals surface area contributed by atoms with Gasteiger partial charge in [-0.05, 0) is 30.5 Å². The monoisotopic (exact) mass is 442 g/mol. The second-order valence-corrected chi connectivity index (χ2v) is 7.20. The first-order chi connectivity index (χ1) is 15.1. The Morgan fingerprint density at radius 1 is 1.19 bits per heavy atom. The minimum Gasteiger partial charge on any atom is -0.386 e. The maximum absolute atomic E-state index is 14.1. The molecule has 0 bridgehead atoms. The van der Waals surface area contributed by atoms with Crippen molar-refractivity contribution in [1.82, 2.24) is 20.3 Å². The second-order valence-electron chi connectivity index (χ2n) is 6.93. The van der Waals surface area contributed by atoms with Gasteiger partial charge in [-0.2, -0.15) is 0 Å². The minimum atomic E-state index is -0.621. The molecule has 162 valence electrons. The zero-order valence-corrected chi connectivity index (χ0v) is 17.7. The second kappa shape index (κ2) is 11.2. The number of halogens is 2. The Hall–Kier alpha value is -3.26. The third kappa shape index (κ3) is 6.36. The van der Waals surface area contributed by atoms with Gasteiger partial charge in [0.1, 0.15) is 23.4 Å². The van der Waals surface area contributed by atoms with E-state index in [1.165, 1.54) is 10.7 Å².